The van der Waals surface area contributed by atoms with E-state index >= 15 is 0 Å². The Hall–Kier alpha value is -2.10. The first-order valence-electron chi connectivity index (χ1n) is 7.15. The van der Waals surface area contributed by atoms with Crippen LogP contribution in [0.5, 0.6) is 5.75 Å². The molecule has 0 saturated heterocycles. The summed E-state index contributed by atoms with van der Waals surface area (Å²) in [5.41, 5.74) is 1.03. The molecule has 4 heteroatoms. The SMILES string of the molecule is CCC(=Nc1ccccc1O)C1=C(O)CC(C)(C)CC1=O. The number of Topliss-reactive ketones (excluding diaryl/α,β-unsaturated/α-hetero) is 1. The molecule has 112 valence electrons. The molecule has 1 aromatic rings. The van der Waals surface area contributed by atoms with E-state index in [1.807, 2.05) is 20.8 Å². The van der Waals surface area contributed by atoms with E-state index in [4.69, 9.17) is 0 Å². The molecule has 0 bridgehead atoms. The summed E-state index contributed by atoms with van der Waals surface area (Å²) in [5.74, 6) is 0.0826. The van der Waals surface area contributed by atoms with Crippen LogP contribution in [0.1, 0.15) is 40.0 Å². The molecule has 0 spiro atoms. The lowest BCUT2D eigenvalue weighted by molar-refractivity contribution is -0.117. The minimum Gasteiger partial charge on any atom is -0.511 e. The molecule has 0 unspecified atom stereocenters. The maximum atomic E-state index is 12.3. The van der Waals surface area contributed by atoms with E-state index in [9.17, 15) is 15.0 Å². The van der Waals surface area contributed by atoms with Crippen LogP contribution >= 0.6 is 0 Å². The van der Waals surface area contributed by atoms with Gasteiger partial charge in [-0.05, 0) is 24.0 Å². The van der Waals surface area contributed by atoms with Crippen molar-refractivity contribution in [3.63, 3.8) is 0 Å². The zero-order valence-electron chi connectivity index (χ0n) is 12.7. The van der Waals surface area contributed by atoms with Gasteiger partial charge in [0.15, 0.2) is 5.78 Å². The molecule has 4 nitrogen and oxygen atoms in total. The minimum atomic E-state index is -0.224. The van der Waals surface area contributed by atoms with E-state index in [0.717, 1.165) is 0 Å². The van der Waals surface area contributed by atoms with Crippen molar-refractivity contribution in [3.8, 4) is 5.75 Å². The number of para-hydroxylation sites is 2. The van der Waals surface area contributed by atoms with Crippen LogP contribution in [0.3, 0.4) is 0 Å². The van der Waals surface area contributed by atoms with Gasteiger partial charge in [-0.1, -0.05) is 32.9 Å². The van der Waals surface area contributed by atoms with Gasteiger partial charge in [-0.25, -0.2) is 4.99 Å². The van der Waals surface area contributed by atoms with Crippen molar-refractivity contribution in [2.24, 2.45) is 10.4 Å². The summed E-state index contributed by atoms with van der Waals surface area (Å²) in [5, 5.41) is 20.0. The molecular formula is C17H21NO3. The van der Waals surface area contributed by atoms with Gasteiger partial charge in [-0.15, -0.1) is 0 Å². The van der Waals surface area contributed by atoms with E-state index < -0.39 is 0 Å². The standard InChI is InChI=1S/C17H21NO3/c1-4-11(18-12-7-5-6-8-13(12)19)16-14(20)9-17(2,3)10-15(16)21/h5-8,19-20H,4,9-10H2,1-3H3. The second-order valence-electron chi connectivity index (χ2n) is 6.16. The van der Waals surface area contributed by atoms with Crippen molar-refractivity contribution in [2.75, 3.05) is 0 Å². The fourth-order valence-corrected chi connectivity index (χ4v) is 2.63. The Balaban J connectivity index is 2.47. The number of aliphatic imine (C=N–C) groups is 1. The largest absolute Gasteiger partial charge is 0.511 e. The van der Waals surface area contributed by atoms with E-state index in [-0.39, 0.29) is 22.7 Å². The zero-order valence-corrected chi connectivity index (χ0v) is 12.7. The zero-order chi connectivity index (χ0) is 15.6. The first-order chi connectivity index (χ1) is 9.84. The van der Waals surface area contributed by atoms with Gasteiger partial charge in [0.05, 0.1) is 11.3 Å². The Labute approximate surface area is 124 Å². The predicted molar refractivity (Wildman–Crippen MR) is 83.2 cm³/mol. The van der Waals surface area contributed by atoms with Crippen molar-refractivity contribution in [3.05, 3.63) is 35.6 Å². The number of aliphatic hydroxyl groups excluding tert-OH is 1. The molecular weight excluding hydrogens is 266 g/mol. The number of allylic oxidation sites excluding steroid dienone is 2. The highest BCUT2D eigenvalue weighted by molar-refractivity contribution is 6.23. The van der Waals surface area contributed by atoms with Gasteiger partial charge < -0.3 is 10.2 Å². The van der Waals surface area contributed by atoms with E-state index in [1.165, 1.54) is 0 Å². The first-order valence-corrected chi connectivity index (χ1v) is 7.15. The third-order valence-electron chi connectivity index (χ3n) is 3.61. The lowest BCUT2D eigenvalue weighted by atomic mass is 9.75. The normalized spacial score (nSPS) is 19.0. The van der Waals surface area contributed by atoms with Gasteiger partial charge in [0, 0.05) is 12.8 Å². The molecule has 1 aromatic carbocycles. The number of rotatable bonds is 3. The second-order valence-corrected chi connectivity index (χ2v) is 6.16. The number of phenols is 1. The monoisotopic (exact) mass is 287 g/mol. The molecule has 0 amide bonds. The van der Waals surface area contributed by atoms with Crippen LogP contribution in [0.25, 0.3) is 0 Å². The topological polar surface area (TPSA) is 69.9 Å². The van der Waals surface area contributed by atoms with Crippen molar-refractivity contribution >= 4 is 17.2 Å². The molecule has 1 aliphatic carbocycles. The second kappa shape index (κ2) is 5.72. The lowest BCUT2D eigenvalue weighted by Gasteiger charge is -2.29. The quantitative estimate of drug-likeness (QED) is 0.823. The number of aliphatic hydroxyl groups is 1. The minimum absolute atomic E-state index is 0.0622. The Morgan fingerprint density at radius 2 is 1.90 bits per heavy atom. The van der Waals surface area contributed by atoms with Crippen LogP contribution in [-0.4, -0.2) is 21.7 Å². The highest BCUT2D eigenvalue weighted by Crippen LogP contribution is 2.37. The Morgan fingerprint density at radius 1 is 1.24 bits per heavy atom. The summed E-state index contributed by atoms with van der Waals surface area (Å²) < 4.78 is 0. The number of hydrogen-bond acceptors (Lipinski definition) is 4. The third kappa shape index (κ3) is 3.32. The van der Waals surface area contributed by atoms with Crippen LogP contribution < -0.4 is 0 Å². The number of aromatic hydroxyl groups is 1. The number of nitrogens with zero attached hydrogens (tertiary/aromatic N) is 1. The Kier molecular flexibility index (Phi) is 4.16. The number of phenolic OH excluding ortho intramolecular Hbond substituents is 1. The molecule has 0 saturated carbocycles. The molecule has 0 aromatic heterocycles. The van der Waals surface area contributed by atoms with Gasteiger partial charge >= 0.3 is 0 Å². The lowest BCUT2D eigenvalue weighted by Crippen LogP contribution is -2.29. The predicted octanol–water partition coefficient (Wildman–Crippen LogP) is 4.08. The van der Waals surface area contributed by atoms with Crippen LogP contribution in [0.2, 0.25) is 0 Å². The fourth-order valence-electron chi connectivity index (χ4n) is 2.63. The van der Waals surface area contributed by atoms with E-state index in [1.54, 1.807) is 24.3 Å². The number of benzene rings is 1. The number of ketones is 1. The van der Waals surface area contributed by atoms with Crippen molar-refractivity contribution in [1.29, 1.82) is 0 Å². The van der Waals surface area contributed by atoms with E-state index in [2.05, 4.69) is 4.99 Å². The van der Waals surface area contributed by atoms with Crippen molar-refractivity contribution in [2.45, 2.75) is 40.0 Å². The molecule has 0 radical (unpaired) electrons. The molecule has 0 atom stereocenters. The molecule has 1 aliphatic rings. The average Bonchev–Trinajstić information content (AvgIpc) is 2.37. The fraction of sp³-hybridized carbons (Fsp3) is 0.412. The van der Waals surface area contributed by atoms with Gasteiger partial charge in [0.1, 0.15) is 17.2 Å². The summed E-state index contributed by atoms with van der Waals surface area (Å²) in [4.78, 5) is 16.7. The molecule has 0 fully saturated rings. The van der Waals surface area contributed by atoms with Crippen LogP contribution in [0.15, 0.2) is 40.6 Å². The molecule has 21 heavy (non-hydrogen) atoms. The Bertz CT molecular complexity index is 627. The van der Waals surface area contributed by atoms with Gasteiger partial charge in [-0.2, -0.15) is 0 Å². The van der Waals surface area contributed by atoms with E-state index in [0.29, 0.717) is 36.2 Å². The van der Waals surface area contributed by atoms with Gasteiger partial charge in [0.25, 0.3) is 0 Å². The summed E-state index contributed by atoms with van der Waals surface area (Å²) in [6, 6.07) is 6.71. The smallest absolute Gasteiger partial charge is 0.168 e. The maximum Gasteiger partial charge on any atom is 0.168 e. The summed E-state index contributed by atoms with van der Waals surface area (Å²) in [6.07, 6.45) is 1.37. The molecule has 2 N–H and O–H groups in total. The van der Waals surface area contributed by atoms with Crippen molar-refractivity contribution < 1.29 is 15.0 Å². The van der Waals surface area contributed by atoms with Crippen LogP contribution in [0.4, 0.5) is 5.69 Å². The van der Waals surface area contributed by atoms with Gasteiger partial charge in [0.2, 0.25) is 0 Å². The highest BCUT2D eigenvalue weighted by atomic mass is 16.3. The number of carbonyl (C=O) groups excluding carboxylic acids is 1. The first kappa shape index (κ1) is 15.3. The average molecular weight is 287 g/mol. The number of carbonyl (C=O) groups is 1. The maximum absolute atomic E-state index is 12.3. The summed E-state index contributed by atoms with van der Waals surface area (Å²) in [7, 11) is 0. The summed E-state index contributed by atoms with van der Waals surface area (Å²) >= 11 is 0. The molecule has 0 aliphatic heterocycles. The van der Waals surface area contributed by atoms with Crippen LogP contribution in [-0.2, 0) is 4.79 Å². The Morgan fingerprint density at radius 3 is 2.48 bits per heavy atom. The third-order valence-corrected chi connectivity index (χ3v) is 3.61. The van der Waals surface area contributed by atoms with Crippen molar-refractivity contribution in [1.82, 2.24) is 0 Å². The number of hydrogen-bond donors (Lipinski definition) is 2. The van der Waals surface area contributed by atoms with Gasteiger partial charge in [-0.3, -0.25) is 4.79 Å². The highest BCUT2D eigenvalue weighted by Gasteiger charge is 2.34. The summed E-state index contributed by atoms with van der Waals surface area (Å²) in [6.45, 7) is 5.81. The molecule has 0 heterocycles. The van der Waals surface area contributed by atoms with Crippen LogP contribution in [0, 0.1) is 5.41 Å². The molecule has 2 rings (SSSR count).